The van der Waals surface area contributed by atoms with Gasteiger partial charge in [-0.3, -0.25) is 4.79 Å². The molecule has 0 aliphatic heterocycles. The Morgan fingerprint density at radius 3 is 2.56 bits per heavy atom. The van der Waals surface area contributed by atoms with Crippen LogP contribution in [0.15, 0.2) is 0 Å². The predicted molar refractivity (Wildman–Crippen MR) is 66.1 cm³/mol. The Labute approximate surface area is 99.2 Å². The Bertz CT molecular complexity index is 233. The minimum atomic E-state index is 0.302. The number of carbonyl (C=O) groups excluding carboxylic acids is 1. The van der Waals surface area contributed by atoms with E-state index in [9.17, 15) is 4.79 Å². The van der Waals surface area contributed by atoms with Crippen LogP contribution in [-0.4, -0.2) is 12.5 Å². The van der Waals surface area contributed by atoms with Gasteiger partial charge in [-0.25, -0.2) is 0 Å². The van der Waals surface area contributed by atoms with Crippen molar-refractivity contribution in [2.75, 3.05) is 6.54 Å². The van der Waals surface area contributed by atoms with Gasteiger partial charge < -0.3 is 5.32 Å². The zero-order valence-electron chi connectivity index (χ0n) is 10.5. The monoisotopic (exact) mass is 223 g/mol. The number of amides is 1. The maximum Gasteiger partial charge on any atom is 0.223 e. The zero-order valence-corrected chi connectivity index (χ0v) is 10.5. The predicted octanol–water partition coefficient (Wildman–Crippen LogP) is 3.12. The topological polar surface area (TPSA) is 29.1 Å². The second-order valence-corrected chi connectivity index (χ2v) is 5.76. The second kappa shape index (κ2) is 5.70. The maximum atomic E-state index is 11.6. The fraction of sp³-hybridized carbons (Fsp3) is 0.929. The van der Waals surface area contributed by atoms with E-state index < -0.39 is 0 Å². The molecular weight excluding hydrogens is 198 g/mol. The third-order valence-electron chi connectivity index (χ3n) is 4.26. The highest BCUT2D eigenvalue weighted by molar-refractivity contribution is 5.81. The molecule has 0 spiro atoms. The number of hydrogen-bond donors (Lipinski definition) is 1. The van der Waals surface area contributed by atoms with E-state index >= 15 is 0 Å². The molecule has 2 heteroatoms. The quantitative estimate of drug-likeness (QED) is 0.713. The molecule has 16 heavy (non-hydrogen) atoms. The Balaban J connectivity index is 1.49. The molecule has 0 heterocycles. The van der Waals surface area contributed by atoms with E-state index in [1.54, 1.807) is 0 Å². The molecule has 2 aliphatic carbocycles. The lowest BCUT2D eigenvalue weighted by atomic mass is 9.86. The molecule has 1 N–H and O–H groups in total. The summed E-state index contributed by atoms with van der Waals surface area (Å²) in [5.74, 6) is 2.23. The first-order valence-corrected chi connectivity index (χ1v) is 7.05. The Hall–Kier alpha value is -0.530. The molecule has 0 radical (unpaired) electrons. The summed E-state index contributed by atoms with van der Waals surface area (Å²) in [4.78, 5) is 11.6. The number of carbonyl (C=O) groups is 1. The normalized spacial score (nSPS) is 30.1. The average molecular weight is 223 g/mol. The van der Waals surface area contributed by atoms with Crippen LogP contribution in [0, 0.1) is 17.8 Å². The first-order chi connectivity index (χ1) is 7.77. The highest BCUT2D eigenvalue weighted by atomic mass is 16.2. The van der Waals surface area contributed by atoms with Crippen LogP contribution in [0.25, 0.3) is 0 Å². The van der Waals surface area contributed by atoms with E-state index in [0.717, 1.165) is 18.9 Å². The summed E-state index contributed by atoms with van der Waals surface area (Å²) in [6.45, 7) is 3.06. The van der Waals surface area contributed by atoms with Gasteiger partial charge >= 0.3 is 0 Å². The molecule has 2 rings (SSSR count). The van der Waals surface area contributed by atoms with Crippen LogP contribution in [0.4, 0.5) is 0 Å². The molecule has 0 aromatic rings. The second-order valence-electron chi connectivity index (χ2n) is 5.76. The van der Waals surface area contributed by atoms with Gasteiger partial charge in [0.15, 0.2) is 0 Å². The third-order valence-corrected chi connectivity index (χ3v) is 4.26. The highest BCUT2D eigenvalue weighted by Crippen LogP contribution is 2.37. The van der Waals surface area contributed by atoms with Gasteiger partial charge in [-0.1, -0.05) is 39.0 Å². The maximum absolute atomic E-state index is 11.6. The Morgan fingerprint density at radius 1 is 1.25 bits per heavy atom. The minimum Gasteiger partial charge on any atom is -0.356 e. The van der Waals surface area contributed by atoms with Crippen molar-refractivity contribution < 1.29 is 4.79 Å². The van der Waals surface area contributed by atoms with Crippen molar-refractivity contribution >= 4 is 5.91 Å². The molecule has 0 bridgehead atoms. The standard InChI is InChI=1S/C14H25NO/c1-11-10-13(11)14(16)15-9-5-8-12-6-3-2-4-7-12/h11-13H,2-10H2,1H3,(H,15,16)/t11-,13-/m1/s1. The number of hydrogen-bond acceptors (Lipinski definition) is 1. The minimum absolute atomic E-state index is 0.302. The fourth-order valence-electron chi connectivity index (χ4n) is 2.90. The summed E-state index contributed by atoms with van der Waals surface area (Å²) in [7, 11) is 0. The fourth-order valence-corrected chi connectivity index (χ4v) is 2.90. The van der Waals surface area contributed by atoms with E-state index in [4.69, 9.17) is 0 Å². The molecule has 2 atom stereocenters. The number of rotatable bonds is 5. The summed E-state index contributed by atoms with van der Waals surface area (Å²) in [5, 5.41) is 3.08. The van der Waals surface area contributed by atoms with Gasteiger partial charge in [0.1, 0.15) is 0 Å². The van der Waals surface area contributed by atoms with Crippen molar-refractivity contribution in [1.29, 1.82) is 0 Å². The van der Waals surface area contributed by atoms with Crippen molar-refractivity contribution in [3.63, 3.8) is 0 Å². The Morgan fingerprint density at radius 2 is 1.94 bits per heavy atom. The lowest BCUT2D eigenvalue weighted by molar-refractivity contribution is -0.122. The van der Waals surface area contributed by atoms with Crippen molar-refractivity contribution in [3.8, 4) is 0 Å². The summed E-state index contributed by atoms with van der Waals surface area (Å²) >= 11 is 0. The number of nitrogens with one attached hydrogen (secondary N) is 1. The first-order valence-electron chi connectivity index (χ1n) is 7.05. The van der Waals surface area contributed by atoms with Crippen LogP contribution >= 0.6 is 0 Å². The van der Waals surface area contributed by atoms with Crippen LogP contribution in [-0.2, 0) is 4.79 Å². The molecule has 1 amide bonds. The smallest absolute Gasteiger partial charge is 0.223 e. The molecule has 0 aromatic heterocycles. The van der Waals surface area contributed by atoms with Gasteiger partial charge in [0.05, 0.1) is 0 Å². The molecule has 0 saturated heterocycles. The zero-order chi connectivity index (χ0) is 11.4. The molecule has 92 valence electrons. The van der Waals surface area contributed by atoms with Crippen LogP contribution < -0.4 is 5.32 Å². The molecule has 2 saturated carbocycles. The SMILES string of the molecule is C[C@@H]1C[C@H]1C(=O)NCCCC1CCCCC1. The molecule has 0 unspecified atom stereocenters. The lowest BCUT2D eigenvalue weighted by Gasteiger charge is -2.21. The largest absolute Gasteiger partial charge is 0.356 e. The summed E-state index contributed by atoms with van der Waals surface area (Å²) in [6, 6.07) is 0. The summed E-state index contributed by atoms with van der Waals surface area (Å²) in [5.41, 5.74) is 0. The molecular formula is C14H25NO. The van der Waals surface area contributed by atoms with E-state index in [1.165, 1.54) is 44.9 Å². The molecule has 0 aromatic carbocycles. The van der Waals surface area contributed by atoms with Crippen molar-refractivity contribution in [2.45, 2.75) is 58.3 Å². The van der Waals surface area contributed by atoms with Gasteiger partial charge in [-0.15, -0.1) is 0 Å². The molecule has 2 nitrogen and oxygen atoms in total. The Kier molecular flexibility index (Phi) is 4.25. The van der Waals surface area contributed by atoms with Crippen molar-refractivity contribution in [1.82, 2.24) is 5.32 Å². The highest BCUT2D eigenvalue weighted by Gasteiger charge is 2.38. The van der Waals surface area contributed by atoms with Gasteiger partial charge in [0, 0.05) is 12.5 Å². The van der Waals surface area contributed by atoms with E-state index in [0.29, 0.717) is 17.7 Å². The van der Waals surface area contributed by atoms with E-state index in [1.807, 2.05) is 0 Å². The van der Waals surface area contributed by atoms with Gasteiger partial charge in [0.25, 0.3) is 0 Å². The van der Waals surface area contributed by atoms with E-state index in [-0.39, 0.29) is 0 Å². The van der Waals surface area contributed by atoms with Crippen LogP contribution in [0.2, 0.25) is 0 Å². The van der Waals surface area contributed by atoms with Gasteiger partial charge in [-0.2, -0.15) is 0 Å². The van der Waals surface area contributed by atoms with E-state index in [2.05, 4.69) is 12.2 Å². The van der Waals surface area contributed by atoms with Crippen LogP contribution in [0.3, 0.4) is 0 Å². The third kappa shape index (κ3) is 3.50. The van der Waals surface area contributed by atoms with Crippen LogP contribution in [0.1, 0.15) is 58.3 Å². The van der Waals surface area contributed by atoms with Gasteiger partial charge in [-0.05, 0) is 31.1 Å². The van der Waals surface area contributed by atoms with Crippen LogP contribution in [0.5, 0.6) is 0 Å². The van der Waals surface area contributed by atoms with Gasteiger partial charge in [0.2, 0.25) is 5.91 Å². The van der Waals surface area contributed by atoms with Crippen molar-refractivity contribution in [3.05, 3.63) is 0 Å². The average Bonchev–Trinajstić information content (AvgIpc) is 3.03. The molecule has 2 aliphatic rings. The molecule has 2 fully saturated rings. The summed E-state index contributed by atoms with van der Waals surface area (Å²) < 4.78 is 0. The lowest BCUT2D eigenvalue weighted by Crippen LogP contribution is -2.26. The summed E-state index contributed by atoms with van der Waals surface area (Å²) in [6.07, 6.45) is 10.7. The van der Waals surface area contributed by atoms with Crippen molar-refractivity contribution in [2.24, 2.45) is 17.8 Å². The first kappa shape index (κ1) is 11.9.